The molecule has 1 aromatic heterocycles. The van der Waals surface area contributed by atoms with E-state index < -0.39 is 34.7 Å². The lowest BCUT2D eigenvalue weighted by Crippen LogP contribution is -2.50. The number of anilines is 1. The van der Waals surface area contributed by atoms with E-state index in [-0.39, 0.29) is 59.0 Å². The predicted octanol–water partition coefficient (Wildman–Crippen LogP) is 7.04. The molecule has 9 nitrogen and oxygen atoms in total. The maximum absolute atomic E-state index is 13.8. The minimum atomic E-state index is -3.99. The molecule has 0 N–H and O–H groups in total. The molecule has 1 fully saturated rings. The lowest BCUT2D eigenvalue weighted by Gasteiger charge is -2.39. The molecule has 4 aromatic rings. The zero-order valence-corrected chi connectivity index (χ0v) is 28.3. The van der Waals surface area contributed by atoms with E-state index in [1.165, 1.54) is 30.3 Å². The summed E-state index contributed by atoms with van der Waals surface area (Å²) < 4.78 is 65.9. The Labute approximate surface area is 278 Å². The quantitative estimate of drug-likeness (QED) is 0.123. The largest absolute Gasteiger partial charge is 0.460 e. The maximum atomic E-state index is 13.8. The van der Waals surface area contributed by atoms with Gasteiger partial charge in [-0.25, -0.2) is 17.2 Å². The van der Waals surface area contributed by atoms with E-state index in [0.717, 1.165) is 10.6 Å². The summed E-state index contributed by atoms with van der Waals surface area (Å²) >= 11 is 0. The van der Waals surface area contributed by atoms with Crippen LogP contribution in [-0.2, 0) is 19.6 Å². The van der Waals surface area contributed by atoms with E-state index >= 15 is 0 Å². The number of carbonyl (C=O) groups excluding carboxylic acids is 3. The number of Topliss-reactive ketones (excluding diaryl/α,β-unsaturated/α-hetero) is 1. The van der Waals surface area contributed by atoms with Crippen molar-refractivity contribution >= 4 is 44.3 Å². The molecule has 3 aromatic carbocycles. The summed E-state index contributed by atoms with van der Waals surface area (Å²) in [5.41, 5.74) is 1.49. The molecule has 254 valence electrons. The molecule has 0 radical (unpaired) electrons. The van der Waals surface area contributed by atoms with Crippen LogP contribution in [0.15, 0.2) is 65.1 Å². The topological polar surface area (TPSA) is 114 Å². The molecule has 0 spiro atoms. The van der Waals surface area contributed by atoms with Crippen LogP contribution in [0.2, 0.25) is 0 Å². The number of ketones is 1. The first-order valence-corrected chi connectivity index (χ1v) is 17.5. The Balaban J connectivity index is 1.58. The van der Waals surface area contributed by atoms with Crippen molar-refractivity contribution in [2.24, 2.45) is 5.92 Å². The number of ether oxygens (including phenoxy) is 1. The molecule has 5 rings (SSSR count). The maximum Gasteiger partial charge on any atom is 0.306 e. The average Bonchev–Trinajstić information content (AvgIpc) is 3.37. The van der Waals surface area contributed by atoms with Crippen molar-refractivity contribution in [2.75, 3.05) is 36.9 Å². The molecule has 0 saturated carbocycles. The van der Waals surface area contributed by atoms with Crippen molar-refractivity contribution in [3.8, 4) is 22.5 Å². The van der Waals surface area contributed by atoms with Crippen molar-refractivity contribution < 1.29 is 40.7 Å². The van der Waals surface area contributed by atoms with Crippen LogP contribution in [0.25, 0.3) is 33.4 Å². The Morgan fingerprint density at radius 2 is 1.71 bits per heavy atom. The Kier molecular flexibility index (Phi) is 9.77. The molecule has 0 bridgehead atoms. The van der Waals surface area contributed by atoms with Crippen LogP contribution in [0.3, 0.4) is 0 Å². The second kappa shape index (κ2) is 13.5. The third-order valence-electron chi connectivity index (χ3n) is 8.01. The third-order valence-corrected chi connectivity index (χ3v) is 9.19. The van der Waals surface area contributed by atoms with Gasteiger partial charge in [0.1, 0.15) is 29.4 Å². The number of hydrogen-bond acceptors (Lipinski definition) is 7. The molecule has 1 aliphatic rings. The van der Waals surface area contributed by atoms with Crippen molar-refractivity contribution in [3.63, 3.8) is 0 Å². The molecular weight excluding hydrogens is 642 g/mol. The number of carbonyl (C=O) groups is 3. The summed E-state index contributed by atoms with van der Waals surface area (Å²) in [4.78, 5) is 40.7. The van der Waals surface area contributed by atoms with Crippen LogP contribution in [0, 0.1) is 11.7 Å². The number of benzene rings is 3. The molecule has 0 atom stereocenters. The normalized spacial score (nSPS) is 13.8. The summed E-state index contributed by atoms with van der Waals surface area (Å²) in [6.45, 7) is 6.39. The molecule has 12 heteroatoms. The Morgan fingerprint density at radius 3 is 2.31 bits per heavy atom. The van der Waals surface area contributed by atoms with Crippen LogP contribution in [0.5, 0.6) is 0 Å². The van der Waals surface area contributed by atoms with Crippen molar-refractivity contribution in [3.05, 3.63) is 77.6 Å². The van der Waals surface area contributed by atoms with Crippen molar-refractivity contribution in [1.29, 1.82) is 0 Å². The summed E-state index contributed by atoms with van der Waals surface area (Å²) in [5, 5.41) is 0.387. The number of amides is 1. The van der Waals surface area contributed by atoms with Gasteiger partial charge in [0.05, 0.1) is 30.5 Å². The number of alkyl halides is 1. The predicted molar refractivity (Wildman–Crippen MR) is 180 cm³/mol. The third kappa shape index (κ3) is 7.43. The van der Waals surface area contributed by atoms with Crippen LogP contribution in [-0.4, -0.2) is 69.1 Å². The lowest BCUT2D eigenvalue weighted by atomic mass is 9.93. The Bertz CT molecular complexity index is 1980. The number of halogens is 2. The number of fused-ring (bicyclic) bond motifs is 1. The van der Waals surface area contributed by atoms with Gasteiger partial charge >= 0.3 is 5.97 Å². The van der Waals surface area contributed by atoms with Gasteiger partial charge < -0.3 is 14.1 Å². The summed E-state index contributed by atoms with van der Waals surface area (Å²) in [6.07, 6.45) is 1.29. The zero-order chi connectivity index (χ0) is 35.0. The van der Waals surface area contributed by atoms with Crippen molar-refractivity contribution in [1.82, 2.24) is 4.90 Å². The Morgan fingerprint density at radius 1 is 1.02 bits per heavy atom. The summed E-state index contributed by atoms with van der Waals surface area (Å²) in [5.74, 6) is -1.15. The highest BCUT2D eigenvalue weighted by Crippen LogP contribution is 2.42. The monoisotopic (exact) mass is 680 g/mol. The standard InChI is InChI=1S/C36H38F2N2O7S/c1-6-30(41)33-28-18-27(24-8-7-9-25(17-24)35(43)39-20-22(21-39)16-32(42)47-36(2,3)4)29(40(15-14-37)48(5,44)45)19-31(28)46-34(33)23-10-12-26(38)13-11-23/h7-13,17-19,22H,6,14-16,20-21H2,1-5H3. The van der Waals surface area contributed by atoms with Gasteiger partial charge in [0.15, 0.2) is 5.78 Å². The number of sulfonamides is 1. The first-order valence-electron chi connectivity index (χ1n) is 15.6. The second-order valence-corrected chi connectivity index (χ2v) is 14.8. The van der Waals surface area contributed by atoms with Gasteiger partial charge in [0.2, 0.25) is 10.0 Å². The van der Waals surface area contributed by atoms with Crippen LogP contribution in [0.1, 0.15) is 61.3 Å². The first kappa shape index (κ1) is 34.7. The van der Waals surface area contributed by atoms with E-state index in [0.29, 0.717) is 40.7 Å². The van der Waals surface area contributed by atoms with E-state index in [9.17, 15) is 31.6 Å². The fourth-order valence-corrected chi connectivity index (χ4v) is 6.76. The van der Waals surface area contributed by atoms with Gasteiger partial charge in [-0.1, -0.05) is 19.1 Å². The fourth-order valence-electron chi connectivity index (χ4n) is 5.86. The number of hydrogen-bond donors (Lipinski definition) is 0. The molecular formula is C36H38F2N2O7S. The van der Waals surface area contributed by atoms with Gasteiger partial charge in [-0.05, 0) is 68.8 Å². The highest BCUT2D eigenvalue weighted by atomic mass is 32.2. The second-order valence-electron chi connectivity index (χ2n) is 12.9. The molecule has 1 saturated heterocycles. The van der Waals surface area contributed by atoms with E-state index in [4.69, 9.17) is 9.15 Å². The molecule has 2 heterocycles. The molecule has 0 aliphatic carbocycles. The highest BCUT2D eigenvalue weighted by molar-refractivity contribution is 7.92. The van der Waals surface area contributed by atoms with Crippen LogP contribution in [0.4, 0.5) is 14.5 Å². The van der Waals surface area contributed by atoms with Crippen LogP contribution < -0.4 is 4.31 Å². The van der Waals surface area contributed by atoms with Crippen LogP contribution >= 0.6 is 0 Å². The first-order chi connectivity index (χ1) is 22.6. The lowest BCUT2D eigenvalue weighted by molar-refractivity contribution is -0.157. The molecule has 1 aliphatic heterocycles. The minimum absolute atomic E-state index is 0.0315. The number of furan rings is 1. The van der Waals surface area contributed by atoms with E-state index in [1.54, 1.807) is 62.9 Å². The van der Waals surface area contributed by atoms with Gasteiger partial charge in [0, 0.05) is 53.6 Å². The number of esters is 1. The van der Waals surface area contributed by atoms with Crippen molar-refractivity contribution in [2.45, 2.75) is 46.1 Å². The number of rotatable bonds is 11. The zero-order valence-electron chi connectivity index (χ0n) is 27.5. The smallest absolute Gasteiger partial charge is 0.306 e. The summed E-state index contributed by atoms with van der Waals surface area (Å²) in [6, 6.07) is 15.1. The number of likely N-dealkylation sites (tertiary alicyclic amines) is 1. The molecule has 1 amide bonds. The highest BCUT2D eigenvalue weighted by Gasteiger charge is 2.34. The molecule has 0 unspecified atom stereocenters. The Hall–Kier alpha value is -4.58. The number of nitrogens with zero attached hydrogens (tertiary/aromatic N) is 2. The average molecular weight is 681 g/mol. The minimum Gasteiger partial charge on any atom is -0.460 e. The molecule has 48 heavy (non-hydrogen) atoms. The van der Waals surface area contributed by atoms with Gasteiger partial charge in [0.25, 0.3) is 5.91 Å². The van der Waals surface area contributed by atoms with Gasteiger partial charge in [-0.15, -0.1) is 0 Å². The van der Waals surface area contributed by atoms with E-state index in [2.05, 4.69) is 0 Å². The summed E-state index contributed by atoms with van der Waals surface area (Å²) in [7, 11) is -3.99. The van der Waals surface area contributed by atoms with E-state index in [1.807, 2.05) is 0 Å². The SMILES string of the molecule is CCC(=O)c1c(-c2ccc(F)cc2)oc2cc(N(CCF)S(C)(=O)=O)c(-c3cccc(C(=O)N4CC(CC(=O)OC(C)(C)C)C4)c3)cc12. The fraction of sp³-hybridized carbons (Fsp3) is 0.361. The van der Waals surface area contributed by atoms with Gasteiger partial charge in [-0.2, -0.15) is 0 Å². The van der Waals surface area contributed by atoms with Gasteiger partial charge in [-0.3, -0.25) is 18.7 Å².